The molecule has 0 fully saturated rings. The van der Waals surface area contributed by atoms with Crippen LogP contribution in [0.3, 0.4) is 0 Å². The Kier molecular flexibility index (Phi) is 9.62. The Morgan fingerprint density at radius 3 is 2.48 bits per heavy atom. The number of aromatic nitrogens is 1. The van der Waals surface area contributed by atoms with Gasteiger partial charge in [-0.3, -0.25) is 9.59 Å². The van der Waals surface area contributed by atoms with Gasteiger partial charge in [0, 0.05) is 12.7 Å². The zero-order chi connectivity index (χ0) is 18.7. The molecule has 2 rings (SSSR count). The third-order valence-corrected chi connectivity index (χ3v) is 3.90. The van der Waals surface area contributed by atoms with Crippen molar-refractivity contribution in [2.45, 2.75) is 40.3 Å². The highest BCUT2D eigenvalue weighted by molar-refractivity contribution is 9.10. The van der Waals surface area contributed by atoms with Gasteiger partial charge < -0.3 is 14.0 Å². The van der Waals surface area contributed by atoms with E-state index in [1.54, 1.807) is 19.2 Å². The van der Waals surface area contributed by atoms with Crippen LogP contribution in [-0.2, 0) is 22.7 Å². The van der Waals surface area contributed by atoms with Gasteiger partial charge in [-0.15, -0.1) is 0 Å². The molecule has 136 valence electrons. The van der Waals surface area contributed by atoms with E-state index in [9.17, 15) is 9.59 Å². The topological polar surface area (TPSA) is 57.5 Å². The second kappa shape index (κ2) is 11.5. The van der Waals surface area contributed by atoms with E-state index < -0.39 is 0 Å². The second-order valence-corrected chi connectivity index (χ2v) is 5.61. The summed E-state index contributed by atoms with van der Waals surface area (Å²) < 4.78 is 12.3. The molecule has 25 heavy (non-hydrogen) atoms. The molecule has 0 aliphatic heterocycles. The van der Waals surface area contributed by atoms with Crippen LogP contribution in [0, 0.1) is 0 Å². The van der Waals surface area contributed by atoms with Gasteiger partial charge in [-0.2, -0.15) is 0 Å². The number of esters is 1. The number of pyridine rings is 1. The molecule has 1 aromatic carbocycles. The number of aryl methyl sites for hydroxylation is 1. The van der Waals surface area contributed by atoms with Crippen molar-refractivity contribution in [3.8, 4) is 5.75 Å². The largest absolute Gasteiger partial charge is 0.487 e. The Labute approximate surface area is 156 Å². The standard InChI is InChI=1S/C17H18BrNO4.C2H6/c1-2-22-15(20)9-11-19-10-8-14(16(18)17(19)21)23-12-13-6-4-3-5-7-13;1-2/h3-8,10H,2,9,11-12H2,1H3;1-2H3. The van der Waals surface area contributed by atoms with Crippen molar-refractivity contribution in [2.24, 2.45) is 0 Å². The minimum absolute atomic E-state index is 0.157. The monoisotopic (exact) mass is 409 g/mol. The summed E-state index contributed by atoms with van der Waals surface area (Å²) in [5, 5.41) is 0. The third-order valence-electron chi connectivity index (χ3n) is 3.17. The molecule has 0 aliphatic rings. The molecule has 0 bridgehead atoms. The summed E-state index contributed by atoms with van der Waals surface area (Å²) in [5.74, 6) is 0.158. The van der Waals surface area contributed by atoms with E-state index in [4.69, 9.17) is 9.47 Å². The lowest BCUT2D eigenvalue weighted by Crippen LogP contribution is -2.22. The van der Waals surface area contributed by atoms with Crippen LogP contribution in [0.1, 0.15) is 32.8 Å². The van der Waals surface area contributed by atoms with E-state index in [2.05, 4.69) is 15.9 Å². The number of carbonyl (C=O) groups excluding carboxylic acids is 1. The normalized spacial score (nSPS) is 9.76. The lowest BCUT2D eigenvalue weighted by atomic mass is 10.2. The Morgan fingerprint density at radius 2 is 1.84 bits per heavy atom. The van der Waals surface area contributed by atoms with Gasteiger partial charge in [-0.25, -0.2) is 0 Å². The average Bonchev–Trinajstić information content (AvgIpc) is 2.65. The molecule has 0 aliphatic carbocycles. The van der Waals surface area contributed by atoms with Crippen molar-refractivity contribution in [3.63, 3.8) is 0 Å². The van der Waals surface area contributed by atoms with Crippen molar-refractivity contribution >= 4 is 21.9 Å². The van der Waals surface area contributed by atoms with Gasteiger partial charge in [0.1, 0.15) is 16.8 Å². The number of nitrogens with zero attached hydrogens (tertiary/aromatic N) is 1. The number of rotatable bonds is 7. The van der Waals surface area contributed by atoms with E-state index in [-0.39, 0.29) is 24.5 Å². The first kappa shape index (κ1) is 21.0. The summed E-state index contributed by atoms with van der Waals surface area (Å²) in [6.07, 6.45) is 1.77. The van der Waals surface area contributed by atoms with Gasteiger partial charge in [0.2, 0.25) is 0 Å². The summed E-state index contributed by atoms with van der Waals surface area (Å²) in [5.41, 5.74) is 0.783. The summed E-state index contributed by atoms with van der Waals surface area (Å²) in [4.78, 5) is 23.6. The van der Waals surface area contributed by atoms with Crippen LogP contribution >= 0.6 is 15.9 Å². The van der Waals surface area contributed by atoms with Crippen LogP contribution in [0.25, 0.3) is 0 Å². The average molecular weight is 410 g/mol. The minimum Gasteiger partial charge on any atom is -0.487 e. The SMILES string of the molecule is CC.CCOC(=O)CCn1ccc(OCc2ccccc2)c(Br)c1=O. The molecule has 0 unspecified atom stereocenters. The molecule has 2 aromatic rings. The fraction of sp³-hybridized carbons (Fsp3) is 0.368. The molecule has 0 N–H and O–H groups in total. The first-order valence-corrected chi connectivity index (χ1v) is 9.12. The Bertz CT molecular complexity index is 713. The molecule has 1 aromatic heterocycles. The Morgan fingerprint density at radius 1 is 1.16 bits per heavy atom. The molecule has 1 heterocycles. The van der Waals surface area contributed by atoms with Gasteiger partial charge >= 0.3 is 5.97 Å². The molecule has 0 spiro atoms. The maximum Gasteiger partial charge on any atom is 0.307 e. The highest BCUT2D eigenvalue weighted by Crippen LogP contribution is 2.21. The summed E-state index contributed by atoms with van der Waals surface area (Å²) in [6.45, 7) is 6.74. The van der Waals surface area contributed by atoms with Crippen LogP contribution in [0.4, 0.5) is 0 Å². The quantitative estimate of drug-likeness (QED) is 0.643. The number of hydrogen-bond donors (Lipinski definition) is 0. The number of benzene rings is 1. The molecule has 6 heteroatoms. The Balaban J connectivity index is 0.00000151. The molecule has 0 saturated carbocycles. The highest BCUT2D eigenvalue weighted by Gasteiger charge is 2.10. The number of ether oxygens (including phenoxy) is 2. The first-order chi connectivity index (χ1) is 12.1. The summed E-state index contributed by atoms with van der Waals surface area (Å²) >= 11 is 3.27. The third kappa shape index (κ3) is 6.74. The lowest BCUT2D eigenvalue weighted by Gasteiger charge is -2.11. The molecule has 0 atom stereocenters. The highest BCUT2D eigenvalue weighted by atomic mass is 79.9. The molecular formula is C19H24BrNO4. The smallest absolute Gasteiger partial charge is 0.307 e. The van der Waals surface area contributed by atoms with Crippen LogP contribution in [0.15, 0.2) is 51.9 Å². The maximum atomic E-state index is 12.3. The summed E-state index contributed by atoms with van der Waals surface area (Å²) in [7, 11) is 0. The lowest BCUT2D eigenvalue weighted by molar-refractivity contribution is -0.143. The van der Waals surface area contributed by atoms with Crippen LogP contribution in [0.5, 0.6) is 5.75 Å². The summed E-state index contributed by atoms with van der Waals surface area (Å²) in [6, 6.07) is 11.4. The zero-order valence-electron chi connectivity index (χ0n) is 14.8. The molecule has 0 amide bonds. The number of halogens is 1. The second-order valence-electron chi connectivity index (χ2n) is 4.82. The predicted octanol–water partition coefficient (Wildman–Crippen LogP) is 4.17. The Hall–Kier alpha value is -2.08. The van der Waals surface area contributed by atoms with Gasteiger partial charge in [0.05, 0.1) is 13.0 Å². The van der Waals surface area contributed by atoms with Crippen molar-refractivity contribution in [1.29, 1.82) is 0 Å². The predicted molar refractivity (Wildman–Crippen MR) is 102 cm³/mol. The minimum atomic E-state index is -0.320. The fourth-order valence-electron chi connectivity index (χ4n) is 2.00. The van der Waals surface area contributed by atoms with E-state index in [0.29, 0.717) is 23.4 Å². The molecule has 0 radical (unpaired) electrons. The van der Waals surface area contributed by atoms with Crippen LogP contribution in [0.2, 0.25) is 0 Å². The maximum absolute atomic E-state index is 12.3. The first-order valence-electron chi connectivity index (χ1n) is 8.33. The number of carbonyl (C=O) groups is 1. The van der Waals surface area contributed by atoms with E-state index >= 15 is 0 Å². The van der Waals surface area contributed by atoms with Crippen molar-refractivity contribution in [1.82, 2.24) is 4.57 Å². The van der Waals surface area contributed by atoms with Crippen LogP contribution < -0.4 is 10.3 Å². The zero-order valence-corrected chi connectivity index (χ0v) is 16.4. The van der Waals surface area contributed by atoms with E-state index in [1.807, 2.05) is 44.2 Å². The van der Waals surface area contributed by atoms with Crippen LogP contribution in [-0.4, -0.2) is 17.1 Å². The van der Waals surface area contributed by atoms with Crippen molar-refractivity contribution < 1.29 is 14.3 Å². The fourth-order valence-corrected chi connectivity index (χ4v) is 2.47. The van der Waals surface area contributed by atoms with E-state index in [0.717, 1.165) is 5.56 Å². The van der Waals surface area contributed by atoms with Gasteiger partial charge in [0.25, 0.3) is 5.56 Å². The van der Waals surface area contributed by atoms with Gasteiger partial charge in [0.15, 0.2) is 0 Å². The van der Waals surface area contributed by atoms with Gasteiger partial charge in [-0.1, -0.05) is 44.2 Å². The van der Waals surface area contributed by atoms with Crippen molar-refractivity contribution in [2.75, 3.05) is 6.61 Å². The molecule has 0 saturated heterocycles. The molecule has 5 nitrogen and oxygen atoms in total. The van der Waals surface area contributed by atoms with Gasteiger partial charge in [-0.05, 0) is 34.5 Å². The van der Waals surface area contributed by atoms with E-state index in [1.165, 1.54) is 4.57 Å². The molecular weight excluding hydrogens is 386 g/mol. The number of hydrogen-bond acceptors (Lipinski definition) is 4. The van der Waals surface area contributed by atoms with Crippen molar-refractivity contribution in [3.05, 3.63) is 63.0 Å².